The fraction of sp³-hybridized carbons (Fsp3) is 0.316. The van der Waals surface area contributed by atoms with Crippen LogP contribution in [0.25, 0.3) is 11.4 Å². The van der Waals surface area contributed by atoms with Gasteiger partial charge in [0.2, 0.25) is 11.7 Å². The highest BCUT2D eigenvalue weighted by atomic mass is 32.1. The lowest BCUT2D eigenvalue weighted by molar-refractivity contribution is 0.103. The topological polar surface area (TPSA) is 68.0 Å². The fourth-order valence-corrected chi connectivity index (χ4v) is 4.04. The van der Waals surface area contributed by atoms with Crippen molar-refractivity contribution in [1.29, 1.82) is 0 Å². The van der Waals surface area contributed by atoms with Crippen LogP contribution in [-0.4, -0.2) is 16.0 Å². The second kappa shape index (κ2) is 6.80. The van der Waals surface area contributed by atoms with Crippen LogP contribution in [0.4, 0.5) is 5.69 Å². The molecule has 4 rings (SSSR count). The van der Waals surface area contributed by atoms with Gasteiger partial charge in [0.05, 0.1) is 4.88 Å². The molecule has 25 heavy (non-hydrogen) atoms. The molecule has 2 heterocycles. The zero-order valence-electron chi connectivity index (χ0n) is 14.0. The van der Waals surface area contributed by atoms with E-state index in [1.807, 2.05) is 42.6 Å². The van der Waals surface area contributed by atoms with E-state index in [0.29, 0.717) is 11.7 Å². The first kappa shape index (κ1) is 16.0. The Kier molecular flexibility index (Phi) is 4.36. The van der Waals surface area contributed by atoms with Crippen molar-refractivity contribution in [3.05, 3.63) is 52.0 Å². The van der Waals surface area contributed by atoms with Gasteiger partial charge in [0.1, 0.15) is 0 Å². The summed E-state index contributed by atoms with van der Waals surface area (Å²) in [5.41, 5.74) is 2.55. The van der Waals surface area contributed by atoms with Crippen molar-refractivity contribution in [2.45, 2.75) is 38.5 Å². The maximum Gasteiger partial charge on any atom is 0.265 e. The predicted molar refractivity (Wildman–Crippen MR) is 98.0 cm³/mol. The van der Waals surface area contributed by atoms with E-state index in [9.17, 15) is 4.79 Å². The average Bonchev–Trinajstić information content (AvgIpc) is 3.36. The van der Waals surface area contributed by atoms with Crippen LogP contribution in [0.1, 0.15) is 52.7 Å². The smallest absolute Gasteiger partial charge is 0.265 e. The number of hydrogen-bond acceptors (Lipinski definition) is 5. The van der Waals surface area contributed by atoms with Crippen molar-refractivity contribution in [3.8, 4) is 11.4 Å². The number of rotatable bonds is 4. The summed E-state index contributed by atoms with van der Waals surface area (Å²) in [7, 11) is 0. The van der Waals surface area contributed by atoms with Crippen molar-refractivity contribution >= 4 is 22.9 Å². The van der Waals surface area contributed by atoms with Gasteiger partial charge in [-0.25, -0.2) is 0 Å². The molecular formula is C19H19N3O2S. The molecule has 1 fully saturated rings. The molecule has 5 nitrogen and oxygen atoms in total. The van der Waals surface area contributed by atoms with Crippen LogP contribution < -0.4 is 5.32 Å². The lowest BCUT2D eigenvalue weighted by Crippen LogP contribution is -2.11. The number of thiophene rings is 1. The summed E-state index contributed by atoms with van der Waals surface area (Å²) in [6.45, 7) is 1.94. The first-order valence-corrected chi connectivity index (χ1v) is 9.38. The standard InChI is InChI=1S/C19H19N3O2S/c1-12-9-10-25-16(12)18(23)20-15-8-4-7-14(11-15)17-21-19(24-22-17)13-5-2-3-6-13/h4,7-11,13H,2-3,5-6H2,1H3,(H,20,23). The summed E-state index contributed by atoms with van der Waals surface area (Å²) in [5.74, 6) is 1.61. The lowest BCUT2D eigenvalue weighted by atomic mass is 10.1. The van der Waals surface area contributed by atoms with Crippen LogP contribution in [0.3, 0.4) is 0 Å². The Morgan fingerprint density at radius 3 is 2.88 bits per heavy atom. The zero-order chi connectivity index (χ0) is 17.2. The summed E-state index contributed by atoms with van der Waals surface area (Å²) in [6.07, 6.45) is 4.70. The predicted octanol–water partition coefficient (Wildman–Crippen LogP) is 5.02. The monoisotopic (exact) mass is 353 g/mol. The van der Waals surface area contributed by atoms with Crippen LogP contribution in [-0.2, 0) is 0 Å². The molecule has 6 heteroatoms. The number of benzene rings is 1. The van der Waals surface area contributed by atoms with Crippen LogP contribution in [0.15, 0.2) is 40.2 Å². The molecule has 0 bridgehead atoms. The second-order valence-corrected chi connectivity index (χ2v) is 7.32. The normalized spacial score (nSPS) is 14.8. The van der Waals surface area contributed by atoms with Crippen molar-refractivity contribution in [3.63, 3.8) is 0 Å². The Balaban J connectivity index is 1.53. The SMILES string of the molecule is Cc1ccsc1C(=O)Nc1cccc(-c2noc(C3CCCC3)n2)c1. The lowest BCUT2D eigenvalue weighted by Gasteiger charge is -2.05. The van der Waals surface area contributed by atoms with Gasteiger partial charge in [-0.05, 0) is 48.9 Å². The number of hydrogen-bond donors (Lipinski definition) is 1. The maximum absolute atomic E-state index is 12.4. The van der Waals surface area contributed by atoms with Gasteiger partial charge in [0, 0.05) is 17.2 Å². The van der Waals surface area contributed by atoms with Gasteiger partial charge in [0.15, 0.2) is 0 Å². The number of carbonyl (C=O) groups excluding carboxylic acids is 1. The minimum Gasteiger partial charge on any atom is -0.339 e. The van der Waals surface area contributed by atoms with Crippen LogP contribution in [0.2, 0.25) is 0 Å². The Labute approximate surface area is 150 Å². The molecule has 0 saturated heterocycles. The Hall–Kier alpha value is -2.47. The third-order valence-electron chi connectivity index (χ3n) is 4.59. The van der Waals surface area contributed by atoms with E-state index in [4.69, 9.17) is 4.52 Å². The number of aromatic nitrogens is 2. The molecule has 0 unspecified atom stereocenters. The van der Waals surface area contributed by atoms with Gasteiger partial charge in [-0.2, -0.15) is 4.98 Å². The van der Waals surface area contributed by atoms with Crippen molar-refractivity contribution in [2.75, 3.05) is 5.32 Å². The molecule has 0 radical (unpaired) electrons. The maximum atomic E-state index is 12.4. The minimum atomic E-state index is -0.0931. The Morgan fingerprint density at radius 2 is 2.12 bits per heavy atom. The van der Waals surface area contributed by atoms with Gasteiger partial charge >= 0.3 is 0 Å². The van der Waals surface area contributed by atoms with E-state index < -0.39 is 0 Å². The summed E-state index contributed by atoms with van der Waals surface area (Å²) >= 11 is 1.44. The molecule has 1 aliphatic carbocycles. The van der Waals surface area contributed by atoms with Gasteiger partial charge in [-0.1, -0.05) is 30.1 Å². The highest BCUT2D eigenvalue weighted by Gasteiger charge is 2.23. The van der Waals surface area contributed by atoms with E-state index in [1.54, 1.807) is 0 Å². The van der Waals surface area contributed by atoms with Crippen LogP contribution in [0, 0.1) is 6.92 Å². The summed E-state index contributed by atoms with van der Waals surface area (Å²) in [4.78, 5) is 17.7. The van der Waals surface area contributed by atoms with E-state index in [1.165, 1.54) is 24.2 Å². The largest absolute Gasteiger partial charge is 0.339 e. The van der Waals surface area contributed by atoms with Crippen LogP contribution >= 0.6 is 11.3 Å². The number of nitrogens with zero attached hydrogens (tertiary/aromatic N) is 2. The molecule has 0 aliphatic heterocycles. The van der Waals surface area contributed by atoms with Crippen molar-refractivity contribution in [2.24, 2.45) is 0 Å². The summed E-state index contributed by atoms with van der Waals surface area (Å²) in [5, 5.41) is 8.98. The molecule has 1 N–H and O–H groups in total. The van der Waals surface area contributed by atoms with Crippen molar-refractivity contribution in [1.82, 2.24) is 10.1 Å². The average molecular weight is 353 g/mol. The molecule has 128 valence electrons. The Bertz CT molecular complexity index is 893. The molecule has 0 spiro atoms. The molecule has 1 saturated carbocycles. The third-order valence-corrected chi connectivity index (χ3v) is 5.61. The van der Waals surface area contributed by atoms with Gasteiger partial charge in [0.25, 0.3) is 5.91 Å². The second-order valence-electron chi connectivity index (χ2n) is 6.41. The minimum absolute atomic E-state index is 0.0931. The quantitative estimate of drug-likeness (QED) is 0.715. The van der Waals surface area contributed by atoms with Gasteiger partial charge in [-0.15, -0.1) is 11.3 Å². The molecule has 1 aliphatic rings. The summed E-state index contributed by atoms with van der Waals surface area (Å²) in [6, 6.07) is 9.50. The van der Waals surface area contributed by atoms with Crippen LogP contribution in [0.5, 0.6) is 0 Å². The molecule has 2 aromatic heterocycles. The van der Waals surface area contributed by atoms with E-state index >= 15 is 0 Å². The Morgan fingerprint density at radius 1 is 1.28 bits per heavy atom. The number of anilines is 1. The number of aryl methyl sites for hydroxylation is 1. The first-order valence-electron chi connectivity index (χ1n) is 8.50. The molecule has 1 amide bonds. The molecular weight excluding hydrogens is 334 g/mol. The first-order chi connectivity index (χ1) is 12.2. The molecule has 1 aromatic carbocycles. The highest BCUT2D eigenvalue weighted by molar-refractivity contribution is 7.12. The van der Waals surface area contributed by atoms with Crippen molar-refractivity contribution < 1.29 is 9.32 Å². The van der Waals surface area contributed by atoms with Gasteiger partial charge < -0.3 is 9.84 Å². The fourth-order valence-electron chi connectivity index (χ4n) is 3.22. The summed E-state index contributed by atoms with van der Waals surface area (Å²) < 4.78 is 5.45. The molecule has 3 aromatic rings. The zero-order valence-corrected chi connectivity index (χ0v) is 14.8. The highest BCUT2D eigenvalue weighted by Crippen LogP contribution is 2.34. The number of nitrogens with one attached hydrogen (secondary N) is 1. The third kappa shape index (κ3) is 3.35. The molecule has 0 atom stereocenters. The van der Waals surface area contributed by atoms with E-state index in [2.05, 4.69) is 15.5 Å². The van der Waals surface area contributed by atoms with E-state index in [0.717, 1.165) is 40.4 Å². The number of carbonyl (C=O) groups is 1. The van der Waals surface area contributed by atoms with Gasteiger partial charge in [-0.3, -0.25) is 4.79 Å². The van der Waals surface area contributed by atoms with E-state index in [-0.39, 0.29) is 5.91 Å². The number of amides is 1.